The van der Waals surface area contributed by atoms with Crippen molar-refractivity contribution in [1.82, 2.24) is 5.32 Å². The van der Waals surface area contributed by atoms with Gasteiger partial charge in [-0.1, -0.05) is 30.3 Å². The topological polar surface area (TPSA) is 51.4 Å². The number of rotatable bonds is 6. The molecule has 0 aromatic heterocycles. The molecule has 0 saturated heterocycles. The number of carbonyl (C=O) groups excluding carboxylic acids is 1. The van der Waals surface area contributed by atoms with Gasteiger partial charge >= 0.3 is 18.9 Å². The maximum Gasteiger partial charge on any atom is 1.00 e. The van der Waals surface area contributed by atoms with Crippen molar-refractivity contribution in [1.29, 1.82) is 0 Å². The van der Waals surface area contributed by atoms with Gasteiger partial charge in [-0.15, -0.1) is 0 Å². The zero-order valence-electron chi connectivity index (χ0n) is 12.1. The molecule has 0 bridgehead atoms. The average molecular weight is 250 g/mol. The molecular weight excluding hydrogens is 231 g/mol. The second-order valence-corrected chi connectivity index (χ2v) is 4.57. The molecule has 0 aliphatic carbocycles. The van der Waals surface area contributed by atoms with E-state index < -0.39 is 0 Å². The summed E-state index contributed by atoms with van der Waals surface area (Å²) in [5.41, 5.74) is 1.77. The van der Waals surface area contributed by atoms with E-state index in [9.17, 15) is 10.2 Å². The van der Waals surface area contributed by atoms with Gasteiger partial charge in [-0.3, -0.25) is 4.79 Å². The molecule has 0 spiro atoms. The van der Waals surface area contributed by atoms with E-state index in [1.54, 1.807) is 0 Å². The fraction of sp³-hybridized carbons (Fsp3) is 0.333. The number of allylic oxidation sites excluding steroid dienone is 2. The Morgan fingerprint density at radius 1 is 1.32 bits per heavy atom. The molecule has 1 rings (SSSR count). The van der Waals surface area contributed by atoms with E-state index >= 15 is 0 Å². The van der Waals surface area contributed by atoms with Crippen LogP contribution in [0.25, 0.3) is 5.41 Å². The number of hydrogen-bond acceptors (Lipinski definition) is 2. The van der Waals surface area contributed by atoms with Crippen molar-refractivity contribution in [3.8, 4) is 0 Å². The Hall–Kier alpha value is -1.30. The molecule has 0 radical (unpaired) electrons. The zero-order chi connectivity index (χ0) is 13.5. The molecule has 0 atom stereocenters. The van der Waals surface area contributed by atoms with Gasteiger partial charge < -0.3 is 10.7 Å². The molecule has 19 heavy (non-hydrogen) atoms. The van der Waals surface area contributed by atoms with Gasteiger partial charge in [0.25, 0.3) is 0 Å². The van der Waals surface area contributed by atoms with Crippen LogP contribution in [0.1, 0.15) is 32.8 Å². The molecule has 1 aromatic carbocycles. The van der Waals surface area contributed by atoms with Crippen molar-refractivity contribution < 1.29 is 23.7 Å². The molecule has 0 heterocycles. The van der Waals surface area contributed by atoms with Gasteiger partial charge in [0.15, 0.2) is 5.78 Å². The summed E-state index contributed by atoms with van der Waals surface area (Å²) in [6, 6.07) is 9.55. The first kappa shape index (κ1) is 17.7. The fourth-order valence-electron chi connectivity index (χ4n) is 1.67. The van der Waals surface area contributed by atoms with Crippen LogP contribution in [0.4, 0.5) is 0 Å². The Kier molecular flexibility index (Phi) is 8.14. The van der Waals surface area contributed by atoms with E-state index in [1.165, 1.54) is 13.0 Å². The summed E-state index contributed by atoms with van der Waals surface area (Å²) in [6.07, 6.45) is 1.86. The molecular formula is C15H19LiN2O. The van der Waals surface area contributed by atoms with Crippen molar-refractivity contribution in [2.24, 2.45) is 0 Å². The van der Waals surface area contributed by atoms with Crippen LogP contribution < -0.4 is 24.2 Å². The maximum atomic E-state index is 11.1. The Labute approximate surface area is 127 Å². The van der Waals surface area contributed by atoms with Crippen LogP contribution in [0.3, 0.4) is 0 Å². The SMILES string of the molecule is CC(=O)/C=C(/CC(=[N-])c1ccccc1)NC(C)C.[Li+]. The third kappa shape index (κ3) is 7.00. The first-order valence-corrected chi connectivity index (χ1v) is 6.07. The molecule has 3 nitrogen and oxygen atoms in total. The van der Waals surface area contributed by atoms with Gasteiger partial charge in [-0.05, 0) is 38.8 Å². The largest absolute Gasteiger partial charge is 1.00 e. The van der Waals surface area contributed by atoms with Gasteiger partial charge in [0.05, 0.1) is 0 Å². The van der Waals surface area contributed by atoms with Crippen LogP contribution in [0.15, 0.2) is 42.1 Å². The standard InChI is InChI=1S/C15H19N2O.Li/c1-11(2)17-14(9-12(3)18)10-15(16)13-7-5-4-6-8-13;/h4-9,11,17H,10H2,1-3H3;/q-1;+1/b14-9-;. The van der Waals surface area contributed by atoms with E-state index in [1.807, 2.05) is 44.2 Å². The normalized spacial score (nSPS) is 10.8. The van der Waals surface area contributed by atoms with Gasteiger partial charge in [0, 0.05) is 11.7 Å². The monoisotopic (exact) mass is 250 g/mol. The van der Waals surface area contributed by atoms with Crippen molar-refractivity contribution in [3.05, 3.63) is 53.1 Å². The van der Waals surface area contributed by atoms with E-state index in [0.29, 0.717) is 6.42 Å². The van der Waals surface area contributed by atoms with Crippen LogP contribution in [-0.2, 0) is 4.79 Å². The summed E-state index contributed by atoms with van der Waals surface area (Å²) in [6.45, 7) is 5.49. The second kappa shape index (κ2) is 8.74. The third-order valence-corrected chi connectivity index (χ3v) is 2.32. The molecule has 0 fully saturated rings. The Morgan fingerprint density at radius 2 is 1.89 bits per heavy atom. The smallest absolute Gasteiger partial charge is 0.807 e. The average Bonchev–Trinajstić information content (AvgIpc) is 2.28. The number of carbonyl (C=O) groups is 1. The summed E-state index contributed by atoms with van der Waals surface area (Å²) in [7, 11) is 0. The van der Waals surface area contributed by atoms with Crippen molar-refractivity contribution in [2.75, 3.05) is 0 Å². The van der Waals surface area contributed by atoms with Crippen LogP contribution in [0.5, 0.6) is 0 Å². The van der Waals surface area contributed by atoms with Gasteiger partial charge in [0.1, 0.15) is 0 Å². The number of ketones is 1. The molecule has 4 heteroatoms. The summed E-state index contributed by atoms with van der Waals surface area (Å²) < 4.78 is 0. The van der Waals surface area contributed by atoms with Crippen molar-refractivity contribution >= 4 is 11.5 Å². The fourth-order valence-corrected chi connectivity index (χ4v) is 1.67. The molecule has 0 aliphatic rings. The quantitative estimate of drug-likeness (QED) is 0.436. The first-order chi connectivity index (χ1) is 8.49. The van der Waals surface area contributed by atoms with E-state index in [0.717, 1.165) is 11.3 Å². The van der Waals surface area contributed by atoms with E-state index in [4.69, 9.17) is 0 Å². The molecule has 1 aromatic rings. The number of benzene rings is 1. The van der Waals surface area contributed by atoms with Crippen LogP contribution in [0.2, 0.25) is 0 Å². The summed E-state index contributed by atoms with van der Waals surface area (Å²) in [4.78, 5) is 11.1. The molecule has 0 saturated carbocycles. The summed E-state index contributed by atoms with van der Waals surface area (Å²) in [5.74, 6) is -0.0287. The Morgan fingerprint density at radius 3 is 2.37 bits per heavy atom. The molecule has 0 amide bonds. The van der Waals surface area contributed by atoms with Gasteiger partial charge in [-0.25, -0.2) is 0 Å². The van der Waals surface area contributed by atoms with E-state index in [-0.39, 0.29) is 36.4 Å². The minimum absolute atomic E-state index is 0. The summed E-state index contributed by atoms with van der Waals surface area (Å²) in [5, 5.41) is 13.2. The van der Waals surface area contributed by atoms with Gasteiger partial charge in [0.2, 0.25) is 0 Å². The minimum atomic E-state index is -0.0287. The third-order valence-electron chi connectivity index (χ3n) is 2.32. The predicted molar refractivity (Wildman–Crippen MR) is 75.6 cm³/mol. The van der Waals surface area contributed by atoms with Crippen LogP contribution in [-0.4, -0.2) is 17.5 Å². The Balaban J connectivity index is 0.00000324. The molecule has 96 valence electrons. The second-order valence-electron chi connectivity index (χ2n) is 4.57. The Bertz CT molecular complexity index is 452. The minimum Gasteiger partial charge on any atom is -0.807 e. The maximum absolute atomic E-state index is 11.1. The zero-order valence-corrected chi connectivity index (χ0v) is 12.1. The van der Waals surface area contributed by atoms with Gasteiger partial charge in [-0.2, -0.15) is 5.71 Å². The molecule has 0 unspecified atom stereocenters. The van der Waals surface area contributed by atoms with Crippen LogP contribution in [0, 0.1) is 0 Å². The number of hydrogen-bond donors (Lipinski definition) is 1. The van der Waals surface area contributed by atoms with Crippen molar-refractivity contribution in [3.63, 3.8) is 0 Å². The van der Waals surface area contributed by atoms with Crippen LogP contribution >= 0.6 is 0 Å². The van der Waals surface area contributed by atoms with E-state index in [2.05, 4.69) is 5.32 Å². The van der Waals surface area contributed by atoms with Crippen molar-refractivity contribution in [2.45, 2.75) is 33.2 Å². The number of nitrogens with one attached hydrogen (secondary N) is 1. The first-order valence-electron chi connectivity index (χ1n) is 6.07. The molecule has 1 N–H and O–H groups in total. The molecule has 0 aliphatic heterocycles. The predicted octanol–water partition coefficient (Wildman–Crippen LogP) is -0.0899. The number of nitrogens with zero attached hydrogens (tertiary/aromatic N) is 1. The summed E-state index contributed by atoms with van der Waals surface area (Å²) >= 11 is 0.